The van der Waals surface area contributed by atoms with Crippen molar-refractivity contribution < 1.29 is 9.90 Å². The van der Waals surface area contributed by atoms with Crippen LogP contribution in [-0.2, 0) is 4.79 Å². The molecular weight excluding hydrogens is 154 g/mol. The molecule has 0 aromatic heterocycles. The summed E-state index contributed by atoms with van der Waals surface area (Å²) < 4.78 is 0. The van der Waals surface area contributed by atoms with Crippen LogP contribution in [0, 0.1) is 5.92 Å². The van der Waals surface area contributed by atoms with Crippen LogP contribution in [0.1, 0.15) is 33.6 Å². The van der Waals surface area contributed by atoms with Crippen LogP contribution in [0.15, 0.2) is 0 Å². The van der Waals surface area contributed by atoms with Gasteiger partial charge in [-0.25, -0.2) is 0 Å². The van der Waals surface area contributed by atoms with Crippen LogP contribution >= 0.6 is 0 Å². The zero-order chi connectivity index (χ0) is 9.56. The molecule has 3 nitrogen and oxygen atoms in total. The van der Waals surface area contributed by atoms with Crippen molar-refractivity contribution in [2.75, 3.05) is 6.54 Å². The molecular formula is C9H19NO2. The molecule has 0 heterocycles. The first kappa shape index (κ1) is 11.4. The Balaban J connectivity index is 3.25. The van der Waals surface area contributed by atoms with Crippen LogP contribution in [0.4, 0.5) is 0 Å². The second kappa shape index (κ2) is 6.00. The van der Waals surface area contributed by atoms with E-state index >= 15 is 0 Å². The lowest BCUT2D eigenvalue weighted by atomic mass is 10.1. The molecule has 0 fully saturated rings. The Labute approximate surface area is 74.2 Å². The minimum atomic E-state index is -0.714. The Morgan fingerprint density at radius 3 is 2.42 bits per heavy atom. The molecule has 72 valence electrons. The van der Waals surface area contributed by atoms with E-state index in [0.717, 1.165) is 6.54 Å². The fourth-order valence-electron chi connectivity index (χ4n) is 0.805. The molecule has 2 N–H and O–H groups in total. The topological polar surface area (TPSA) is 49.3 Å². The number of carboxylic acids is 1. The highest BCUT2D eigenvalue weighted by atomic mass is 16.4. The zero-order valence-electron chi connectivity index (χ0n) is 8.13. The van der Waals surface area contributed by atoms with Gasteiger partial charge in [-0.1, -0.05) is 13.8 Å². The average Bonchev–Trinajstić information content (AvgIpc) is 1.97. The molecule has 0 amide bonds. The Hall–Kier alpha value is -0.570. The van der Waals surface area contributed by atoms with E-state index in [1.807, 2.05) is 0 Å². The number of carboxylic acid groups (broad SMARTS) is 1. The number of carbonyl (C=O) groups is 1. The van der Waals surface area contributed by atoms with E-state index in [4.69, 9.17) is 5.11 Å². The molecule has 0 radical (unpaired) electrons. The molecule has 0 spiro atoms. The van der Waals surface area contributed by atoms with E-state index in [-0.39, 0.29) is 6.42 Å². The van der Waals surface area contributed by atoms with E-state index in [0.29, 0.717) is 18.4 Å². The molecule has 12 heavy (non-hydrogen) atoms. The van der Waals surface area contributed by atoms with Gasteiger partial charge in [0.2, 0.25) is 0 Å². The van der Waals surface area contributed by atoms with Gasteiger partial charge in [0.05, 0.1) is 0 Å². The minimum Gasteiger partial charge on any atom is -0.481 e. The molecule has 0 aliphatic carbocycles. The van der Waals surface area contributed by atoms with Gasteiger partial charge in [-0.3, -0.25) is 4.79 Å². The van der Waals surface area contributed by atoms with Crippen molar-refractivity contribution in [3.05, 3.63) is 0 Å². The molecule has 0 saturated heterocycles. The summed E-state index contributed by atoms with van der Waals surface area (Å²) in [6, 6.07) is 0.471. The van der Waals surface area contributed by atoms with Crippen LogP contribution in [0.3, 0.4) is 0 Å². The molecule has 0 rings (SSSR count). The quantitative estimate of drug-likeness (QED) is 0.598. The smallest absolute Gasteiger partial charge is 0.303 e. The van der Waals surface area contributed by atoms with Gasteiger partial charge >= 0.3 is 5.97 Å². The van der Waals surface area contributed by atoms with Gasteiger partial charge in [0.1, 0.15) is 0 Å². The summed E-state index contributed by atoms with van der Waals surface area (Å²) in [6.07, 6.45) is 0.976. The predicted octanol–water partition coefficient (Wildman–Crippen LogP) is 1.49. The normalized spacial score (nSPS) is 13.3. The van der Waals surface area contributed by atoms with Crippen LogP contribution in [0.25, 0.3) is 0 Å². The fourth-order valence-corrected chi connectivity index (χ4v) is 0.805. The third-order valence-electron chi connectivity index (χ3n) is 2.03. The first-order valence-electron chi connectivity index (χ1n) is 4.49. The summed E-state index contributed by atoms with van der Waals surface area (Å²) in [6.45, 7) is 7.21. The van der Waals surface area contributed by atoms with E-state index in [9.17, 15) is 4.79 Å². The van der Waals surface area contributed by atoms with Gasteiger partial charge in [0, 0.05) is 12.5 Å². The first-order valence-corrected chi connectivity index (χ1v) is 4.49. The molecule has 0 saturated carbocycles. The highest BCUT2D eigenvalue weighted by Crippen LogP contribution is 1.99. The summed E-state index contributed by atoms with van der Waals surface area (Å²) in [5.41, 5.74) is 0. The van der Waals surface area contributed by atoms with Crippen molar-refractivity contribution in [3.63, 3.8) is 0 Å². The van der Waals surface area contributed by atoms with Crippen LogP contribution < -0.4 is 5.32 Å². The van der Waals surface area contributed by atoms with E-state index in [2.05, 4.69) is 26.1 Å². The molecule has 1 unspecified atom stereocenters. The molecule has 0 aromatic carbocycles. The first-order chi connectivity index (χ1) is 5.54. The van der Waals surface area contributed by atoms with Gasteiger partial charge in [-0.05, 0) is 25.8 Å². The maximum absolute atomic E-state index is 10.2. The molecule has 3 heteroatoms. The van der Waals surface area contributed by atoms with Crippen LogP contribution in [0.2, 0.25) is 0 Å². The standard InChI is InChI=1S/C9H19NO2/c1-7(2)8(3)10-6-4-5-9(11)12/h7-8,10H,4-6H2,1-3H3,(H,11,12). The van der Waals surface area contributed by atoms with Crippen molar-refractivity contribution in [1.29, 1.82) is 0 Å². The summed E-state index contributed by atoms with van der Waals surface area (Å²) in [5.74, 6) is -0.108. The molecule has 0 aromatic rings. The second-order valence-electron chi connectivity index (χ2n) is 3.48. The lowest BCUT2D eigenvalue weighted by Gasteiger charge is -2.16. The Morgan fingerprint density at radius 1 is 1.42 bits per heavy atom. The maximum Gasteiger partial charge on any atom is 0.303 e. The second-order valence-corrected chi connectivity index (χ2v) is 3.48. The maximum atomic E-state index is 10.2. The van der Waals surface area contributed by atoms with Crippen LogP contribution in [-0.4, -0.2) is 23.7 Å². The lowest BCUT2D eigenvalue weighted by Crippen LogP contribution is -2.31. The van der Waals surface area contributed by atoms with Gasteiger partial charge in [0.25, 0.3) is 0 Å². The Bertz CT molecular complexity index is 134. The Kier molecular flexibility index (Phi) is 5.72. The fraction of sp³-hybridized carbons (Fsp3) is 0.889. The number of aliphatic carboxylic acids is 1. The van der Waals surface area contributed by atoms with Gasteiger partial charge in [-0.2, -0.15) is 0 Å². The third kappa shape index (κ3) is 6.16. The van der Waals surface area contributed by atoms with Crippen molar-refractivity contribution in [2.24, 2.45) is 5.92 Å². The van der Waals surface area contributed by atoms with E-state index in [1.165, 1.54) is 0 Å². The molecule has 0 aliphatic heterocycles. The summed E-state index contributed by atoms with van der Waals surface area (Å²) in [7, 11) is 0. The number of hydrogen-bond donors (Lipinski definition) is 2. The van der Waals surface area contributed by atoms with Gasteiger partial charge in [0.15, 0.2) is 0 Å². The van der Waals surface area contributed by atoms with Crippen molar-refractivity contribution in [3.8, 4) is 0 Å². The molecule has 0 bridgehead atoms. The SMILES string of the molecule is CC(C)C(C)NCCCC(=O)O. The lowest BCUT2D eigenvalue weighted by molar-refractivity contribution is -0.137. The number of nitrogens with one attached hydrogen (secondary N) is 1. The predicted molar refractivity (Wildman–Crippen MR) is 49.2 cm³/mol. The van der Waals surface area contributed by atoms with Gasteiger partial charge in [-0.15, -0.1) is 0 Å². The van der Waals surface area contributed by atoms with Crippen molar-refractivity contribution >= 4 is 5.97 Å². The summed E-state index contributed by atoms with van der Waals surface area (Å²) >= 11 is 0. The van der Waals surface area contributed by atoms with E-state index < -0.39 is 5.97 Å². The third-order valence-corrected chi connectivity index (χ3v) is 2.03. The zero-order valence-corrected chi connectivity index (χ0v) is 8.13. The average molecular weight is 173 g/mol. The van der Waals surface area contributed by atoms with E-state index in [1.54, 1.807) is 0 Å². The highest BCUT2D eigenvalue weighted by molar-refractivity contribution is 5.66. The summed E-state index contributed by atoms with van der Waals surface area (Å²) in [5, 5.41) is 11.6. The molecule has 0 aliphatic rings. The minimum absolute atomic E-state index is 0.262. The van der Waals surface area contributed by atoms with Crippen LogP contribution in [0.5, 0.6) is 0 Å². The summed E-state index contributed by atoms with van der Waals surface area (Å²) in [4.78, 5) is 10.2. The van der Waals surface area contributed by atoms with Gasteiger partial charge < -0.3 is 10.4 Å². The highest BCUT2D eigenvalue weighted by Gasteiger charge is 2.05. The molecule has 1 atom stereocenters. The number of hydrogen-bond acceptors (Lipinski definition) is 2. The van der Waals surface area contributed by atoms with Crippen molar-refractivity contribution in [1.82, 2.24) is 5.32 Å². The monoisotopic (exact) mass is 173 g/mol. The van der Waals surface area contributed by atoms with Crippen molar-refractivity contribution in [2.45, 2.75) is 39.7 Å². The number of rotatable bonds is 6. The Morgan fingerprint density at radius 2 is 2.00 bits per heavy atom. The largest absolute Gasteiger partial charge is 0.481 e.